The molecule has 12 heteroatoms. The Labute approximate surface area is 237 Å². The number of Topliss-reactive ketones (excluding diaryl/α,β-unsaturated/α-hetero) is 1. The van der Waals surface area contributed by atoms with E-state index >= 15 is 0 Å². The van der Waals surface area contributed by atoms with Gasteiger partial charge in [0.15, 0.2) is 5.78 Å². The summed E-state index contributed by atoms with van der Waals surface area (Å²) in [5, 5.41) is 8.81. The summed E-state index contributed by atoms with van der Waals surface area (Å²) in [6, 6.07) is -1.34. The number of nitrogens with one attached hydrogen (secondary N) is 3. The van der Waals surface area contributed by atoms with Gasteiger partial charge in [-0.3, -0.25) is 19.2 Å². The lowest BCUT2D eigenvalue weighted by atomic mass is 9.93. The molecule has 0 heterocycles. The smallest absolute Gasteiger partial charge is 0.312 e. The molecule has 0 fully saturated rings. The van der Waals surface area contributed by atoms with E-state index in [0.717, 1.165) is 6.42 Å². The first-order valence-electron chi connectivity index (χ1n) is 12.8. The van der Waals surface area contributed by atoms with E-state index in [9.17, 15) is 24.0 Å². The zero-order valence-electron chi connectivity index (χ0n) is 22.5. The largest absolute Gasteiger partial charge is 0.459 e. The molecule has 0 saturated carbocycles. The average Bonchev–Trinajstić information content (AvgIpc) is 2.82. The molecule has 5 N–H and O–H groups in total. The number of esters is 1. The Bertz CT molecular complexity index is 747. The van der Waals surface area contributed by atoms with Crippen LogP contribution in [0.5, 0.6) is 0 Å². The van der Waals surface area contributed by atoms with E-state index in [0.29, 0.717) is 55.7 Å². The topological polar surface area (TPSA) is 157 Å². The quantitative estimate of drug-likeness (QED) is 0.0895. The molecule has 0 spiro atoms. The molecule has 37 heavy (non-hydrogen) atoms. The molecule has 0 aromatic heterocycles. The summed E-state index contributed by atoms with van der Waals surface area (Å²) in [5.74, 6) is -1.51. The monoisotopic (exact) mass is 654 g/mol. The number of ether oxygens (including phenoxy) is 1. The first kappa shape index (κ1) is 35.3. The third-order valence-electron chi connectivity index (χ3n) is 5.82. The highest BCUT2D eigenvalue weighted by Crippen LogP contribution is 2.21. The number of urea groups is 1. The van der Waals surface area contributed by atoms with Gasteiger partial charge in [0.25, 0.3) is 0 Å². The van der Waals surface area contributed by atoms with Crippen LogP contribution in [0.3, 0.4) is 0 Å². The molecule has 0 saturated heterocycles. The SMILES string of the molecule is CCCC(C)C(=O)[C@H](CCCNC(N)=O)NC(=O)CNC(=O)CCCCC(C)(C)OC(=O)C(CBr)CBr. The molecule has 0 radical (unpaired) electrons. The van der Waals surface area contributed by atoms with E-state index in [-0.39, 0.29) is 42.5 Å². The number of primary amides is 1. The van der Waals surface area contributed by atoms with E-state index in [1.807, 2.05) is 27.7 Å². The molecule has 0 aromatic carbocycles. The fraction of sp³-hybridized carbons (Fsp3) is 0.800. The molecule has 0 aromatic rings. The van der Waals surface area contributed by atoms with Crippen LogP contribution in [-0.4, -0.2) is 65.0 Å². The van der Waals surface area contributed by atoms with E-state index in [4.69, 9.17) is 10.5 Å². The number of ketones is 1. The fourth-order valence-corrected chi connectivity index (χ4v) is 5.25. The lowest BCUT2D eigenvalue weighted by Crippen LogP contribution is -2.47. The minimum absolute atomic E-state index is 0.0671. The number of carbonyl (C=O) groups is 5. The maximum atomic E-state index is 12.8. The number of alkyl halides is 2. The second kappa shape index (κ2) is 19.4. The molecule has 10 nitrogen and oxygen atoms in total. The van der Waals surface area contributed by atoms with Crippen molar-refractivity contribution < 1.29 is 28.7 Å². The van der Waals surface area contributed by atoms with Crippen molar-refractivity contribution in [3.8, 4) is 0 Å². The molecule has 0 aliphatic rings. The summed E-state index contributed by atoms with van der Waals surface area (Å²) in [5.41, 5.74) is 4.42. The van der Waals surface area contributed by atoms with Crippen molar-refractivity contribution in [2.24, 2.45) is 17.6 Å². The van der Waals surface area contributed by atoms with Gasteiger partial charge < -0.3 is 26.4 Å². The number of unbranched alkanes of at least 4 members (excludes halogenated alkanes) is 1. The van der Waals surface area contributed by atoms with Crippen molar-refractivity contribution in [3.63, 3.8) is 0 Å². The van der Waals surface area contributed by atoms with E-state index in [1.54, 1.807) is 0 Å². The highest BCUT2D eigenvalue weighted by Gasteiger charge is 2.27. The Morgan fingerprint density at radius 2 is 1.59 bits per heavy atom. The number of carbonyl (C=O) groups excluding carboxylic acids is 5. The zero-order chi connectivity index (χ0) is 28.4. The van der Waals surface area contributed by atoms with Crippen LogP contribution in [0.25, 0.3) is 0 Å². The first-order valence-corrected chi connectivity index (χ1v) is 15.1. The van der Waals surface area contributed by atoms with Gasteiger partial charge >= 0.3 is 12.0 Å². The van der Waals surface area contributed by atoms with Crippen molar-refractivity contribution >= 4 is 61.5 Å². The van der Waals surface area contributed by atoms with Crippen LogP contribution >= 0.6 is 31.9 Å². The van der Waals surface area contributed by atoms with Crippen LogP contribution < -0.4 is 21.7 Å². The van der Waals surface area contributed by atoms with Crippen LogP contribution in [0, 0.1) is 11.8 Å². The average molecular weight is 656 g/mol. The maximum Gasteiger partial charge on any atom is 0.312 e. The van der Waals surface area contributed by atoms with Crippen molar-refractivity contribution in [2.75, 3.05) is 23.7 Å². The summed E-state index contributed by atoms with van der Waals surface area (Å²) in [6.45, 7) is 7.58. The van der Waals surface area contributed by atoms with Gasteiger partial charge in [-0.1, -0.05) is 52.1 Å². The summed E-state index contributed by atoms with van der Waals surface area (Å²) < 4.78 is 5.60. The Morgan fingerprint density at radius 3 is 2.16 bits per heavy atom. The zero-order valence-corrected chi connectivity index (χ0v) is 25.7. The Hall–Kier alpha value is -1.69. The second-order valence-electron chi connectivity index (χ2n) is 9.82. The van der Waals surface area contributed by atoms with Crippen molar-refractivity contribution in [2.45, 2.75) is 90.7 Å². The highest BCUT2D eigenvalue weighted by atomic mass is 79.9. The number of halogens is 2. The number of rotatable bonds is 20. The maximum absolute atomic E-state index is 12.8. The molecule has 0 bridgehead atoms. The minimum Gasteiger partial charge on any atom is -0.459 e. The number of nitrogens with two attached hydrogens (primary N) is 1. The molecule has 1 unspecified atom stereocenters. The Balaban J connectivity index is 4.52. The molecular weight excluding hydrogens is 612 g/mol. The Morgan fingerprint density at radius 1 is 0.946 bits per heavy atom. The number of amides is 4. The molecule has 0 rings (SSSR count). The van der Waals surface area contributed by atoms with Crippen LogP contribution in [0.4, 0.5) is 4.79 Å². The molecule has 4 amide bonds. The first-order chi connectivity index (χ1) is 17.4. The summed E-state index contributed by atoms with van der Waals surface area (Å²) >= 11 is 6.60. The summed E-state index contributed by atoms with van der Waals surface area (Å²) in [6.07, 6.45) is 4.50. The standard InChI is InChI=1S/C25H44Br2N4O6/c1-5-9-17(2)22(34)19(10-8-13-29-24(28)36)31-21(33)16-30-20(32)11-6-7-12-25(3,4)37-23(35)18(14-26)15-27/h17-19H,5-16H2,1-4H3,(H,30,32)(H,31,33)(H3,28,29,36)/t17?,19-/m0/s1. The highest BCUT2D eigenvalue weighted by molar-refractivity contribution is 9.09. The van der Waals surface area contributed by atoms with Gasteiger partial charge in [0, 0.05) is 29.5 Å². The fourth-order valence-electron chi connectivity index (χ4n) is 3.64. The van der Waals surface area contributed by atoms with E-state index in [2.05, 4.69) is 47.8 Å². The summed E-state index contributed by atoms with van der Waals surface area (Å²) in [4.78, 5) is 60.4. The van der Waals surface area contributed by atoms with Gasteiger partial charge in [-0.2, -0.15) is 0 Å². The van der Waals surface area contributed by atoms with Crippen molar-refractivity contribution in [1.29, 1.82) is 0 Å². The second-order valence-corrected chi connectivity index (χ2v) is 11.1. The van der Waals surface area contributed by atoms with Gasteiger partial charge in [0.1, 0.15) is 5.60 Å². The molecule has 0 aliphatic heterocycles. The van der Waals surface area contributed by atoms with Crippen molar-refractivity contribution in [1.82, 2.24) is 16.0 Å². The van der Waals surface area contributed by atoms with Crippen LogP contribution in [0.1, 0.15) is 79.1 Å². The predicted molar refractivity (Wildman–Crippen MR) is 151 cm³/mol. The van der Waals surface area contributed by atoms with Gasteiger partial charge in [0.05, 0.1) is 18.5 Å². The van der Waals surface area contributed by atoms with Crippen molar-refractivity contribution in [3.05, 3.63) is 0 Å². The molecule has 0 aliphatic carbocycles. The molecule has 214 valence electrons. The lowest BCUT2D eigenvalue weighted by Gasteiger charge is -2.27. The van der Waals surface area contributed by atoms with Crippen LogP contribution in [0.2, 0.25) is 0 Å². The Kier molecular flexibility index (Phi) is 18.5. The lowest BCUT2D eigenvalue weighted by molar-refractivity contribution is -0.160. The summed E-state index contributed by atoms with van der Waals surface area (Å²) in [7, 11) is 0. The molecular formula is C25H44Br2N4O6. The van der Waals surface area contributed by atoms with Crippen LogP contribution in [0.15, 0.2) is 0 Å². The predicted octanol–water partition coefficient (Wildman–Crippen LogP) is 3.33. The van der Waals surface area contributed by atoms with Gasteiger partial charge in [-0.25, -0.2) is 4.79 Å². The minimum atomic E-state index is -0.695. The molecule has 2 atom stereocenters. The third-order valence-corrected chi connectivity index (χ3v) is 7.38. The van der Waals surface area contributed by atoms with Gasteiger partial charge in [-0.15, -0.1) is 0 Å². The van der Waals surface area contributed by atoms with Crippen LogP contribution in [-0.2, 0) is 23.9 Å². The van der Waals surface area contributed by atoms with E-state index in [1.165, 1.54) is 0 Å². The normalized spacial score (nSPS) is 12.9. The third kappa shape index (κ3) is 16.7. The van der Waals surface area contributed by atoms with E-state index < -0.39 is 23.6 Å². The van der Waals surface area contributed by atoms with Gasteiger partial charge in [0.2, 0.25) is 11.8 Å². The van der Waals surface area contributed by atoms with Gasteiger partial charge in [-0.05, 0) is 52.4 Å². The number of hydrogen-bond acceptors (Lipinski definition) is 6. The number of hydrogen-bond donors (Lipinski definition) is 4.